The first-order valence-electron chi connectivity index (χ1n) is 15.9. The number of ether oxygens (including phenoxy) is 1. The van der Waals surface area contributed by atoms with Crippen LogP contribution in [-0.4, -0.2) is 82.6 Å². The number of carbonyl (C=O) groups is 2. The molecule has 3 saturated carbocycles. The van der Waals surface area contributed by atoms with Crippen molar-refractivity contribution in [1.82, 2.24) is 20.1 Å². The first-order chi connectivity index (χ1) is 19.6. The molecule has 9 unspecified atom stereocenters. The molecule has 40 heavy (non-hydrogen) atoms. The van der Waals surface area contributed by atoms with Gasteiger partial charge in [-0.25, -0.2) is 4.39 Å². The summed E-state index contributed by atoms with van der Waals surface area (Å²) >= 11 is 0. The molecule has 8 heteroatoms. The Bertz CT molecular complexity index is 1120. The van der Waals surface area contributed by atoms with Gasteiger partial charge >= 0.3 is 0 Å². The summed E-state index contributed by atoms with van der Waals surface area (Å²) in [5.41, 5.74) is 1.26. The Balaban J connectivity index is 1.21. The molecule has 1 amide bonds. The molecule has 0 aromatic carbocycles. The Labute approximate surface area is 236 Å². The summed E-state index contributed by atoms with van der Waals surface area (Å²) in [6.07, 6.45) is 13.0. The number of amides is 1. The minimum Gasteiger partial charge on any atom is -0.369 e. The van der Waals surface area contributed by atoms with Gasteiger partial charge in [-0.15, -0.1) is 0 Å². The van der Waals surface area contributed by atoms with E-state index in [9.17, 15) is 9.59 Å². The molecule has 1 N–H and O–H groups in total. The van der Waals surface area contributed by atoms with Gasteiger partial charge in [0.2, 0.25) is 0 Å². The summed E-state index contributed by atoms with van der Waals surface area (Å²) in [7, 11) is 0. The second-order valence-corrected chi connectivity index (χ2v) is 13.0. The molecule has 4 heterocycles. The minimum absolute atomic E-state index is 0.00225. The molecule has 3 aliphatic carbocycles. The smallest absolute Gasteiger partial charge is 0.258 e. The van der Waals surface area contributed by atoms with E-state index >= 15 is 4.39 Å². The van der Waals surface area contributed by atoms with E-state index in [1.54, 1.807) is 6.20 Å². The van der Waals surface area contributed by atoms with Gasteiger partial charge in [0.1, 0.15) is 6.17 Å². The first kappa shape index (κ1) is 26.6. The fourth-order valence-corrected chi connectivity index (χ4v) is 8.98. The van der Waals surface area contributed by atoms with E-state index in [2.05, 4.69) is 15.2 Å². The summed E-state index contributed by atoms with van der Waals surface area (Å²) in [4.78, 5) is 36.3. The van der Waals surface area contributed by atoms with Gasteiger partial charge in [0.15, 0.2) is 5.78 Å². The molecule has 216 valence electrons. The number of likely N-dealkylation sites (tertiary alicyclic amines) is 1. The van der Waals surface area contributed by atoms with Gasteiger partial charge in [0.05, 0.1) is 35.9 Å². The van der Waals surface area contributed by atoms with Crippen LogP contribution in [0.5, 0.6) is 0 Å². The average molecular weight is 551 g/mol. The predicted octanol–water partition coefficient (Wildman–Crippen LogP) is 3.83. The number of carbonyl (C=O) groups excluding carboxylic acids is 2. The third kappa shape index (κ3) is 4.69. The number of alkyl halides is 1. The van der Waals surface area contributed by atoms with Crippen molar-refractivity contribution in [3.8, 4) is 0 Å². The van der Waals surface area contributed by atoms with E-state index in [1.165, 1.54) is 25.7 Å². The number of rotatable bonds is 5. The van der Waals surface area contributed by atoms with Crippen LogP contribution in [-0.2, 0) is 20.7 Å². The third-order valence-electron chi connectivity index (χ3n) is 10.8. The molecular weight excluding hydrogens is 507 g/mol. The molecule has 5 fully saturated rings. The molecule has 6 aliphatic rings. The number of halogens is 1. The molecule has 0 spiro atoms. The van der Waals surface area contributed by atoms with Crippen LogP contribution in [0.25, 0.3) is 0 Å². The Hall–Kier alpha value is -2.32. The Morgan fingerprint density at radius 1 is 1.05 bits per heavy atom. The van der Waals surface area contributed by atoms with Gasteiger partial charge in [0.25, 0.3) is 5.91 Å². The highest BCUT2D eigenvalue weighted by molar-refractivity contribution is 6.20. The number of piperidine rings is 1. The highest BCUT2D eigenvalue weighted by atomic mass is 19.1. The number of pyridine rings is 1. The quantitative estimate of drug-likeness (QED) is 0.562. The van der Waals surface area contributed by atoms with Crippen molar-refractivity contribution in [2.24, 2.45) is 17.8 Å². The molecule has 0 radical (unpaired) electrons. The molecular formula is C32H43FN4O3. The standard InChI is InChI=1S/C32H43FN4O3/c33-25-18-23-29-31(27(25)35-15-13-21-9-4-5-14-34-21)40-26-12-11-20-8-2-3-10-22(20)28(26)37(29)19-24(30(23)38)32(39)36-16-6-1-7-17-36/h4-5,9,14,19-20,22-23,25-29,31,35H,1-3,6-8,10-13,15-18H2. The maximum atomic E-state index is 16.0. The summed E-state index contributed by atoms with van der Waals surface area (Å²) in [5, 5.41) is 3.49. The monoisotopic (exact) mass is 550 g/mol. The molecule has 9 atom stereocenters. The van der Waals surface area contributed by atoms with Crippen LogP contribution in [0, 0.1) is 17.8 Å². The third-order valence-corrected chi connectivity index (χ3v) is 10.8. The largest absolute Gasteiger partial charge is 0.369 e. The van der Waals surface area contributed by atoms with Crippen LogP contribution in [0.3, 0.4) is 0 Å². The SMILES string of the molecule is O=C1C(C(=O)N2CCCCC2)=CN2C3C(CCC4CCCCC43)OC3C(NCCc4ccccn4)C(F)CC1C32. The second-order valence-electron chi connectivity index (χ2n) is 13.0. The Morgan fingerprint density at radius 2 is 1.90 bits per heavy atom. The number of nitrogens with one attached hydrogen (secondary N) is 1. The van der Waals surface area contributed by atoms with Crippen LogP contribution in [0.2, 0.25) is 0 Å². The van der Waals surface area contributed by atoms with Crippen LogP contribution in [0.1, 0.15) is 69.9 Å². The topological polar surface area (TPSA) is 74.8 Å². The van der Waals surface area contributed by atoms with E-state index in [-0.39, 0.29) is 41.9 Å². The lowest BCUT2D eigenvalue weighted by Crippen LogP contribution is -2.74. The van der Waals surface area contributed by atoms with Crippen LogP contribution >= 0.6 is 0 Å². The highest BCUT2D eigenvalue weighted by Gasteiger charge is 2.60. The highest BCUT2D eigenvalue weighted by Crippen LogP contribution is 2.51. The molecule has 0 bridgehead atoms. The number of hydrogen-bond donors (Lipinski definition) is 1. The van der Waals surface area contributed by atoms with Crippen molar-refractivity contribution in [2.75, 3.05) is 19.6 Å². The van der Waals surface area contributed by atoms with Gasteiger partial charge in [-0.3, -0.25) is 14.6 Å². The van der Waals surface area contributed by atoms with Crippen LogP contribution < -0.4 is 5.32 Å². The van der Waals surface area contributed by atoms with E-state index in [4.69, 9.17) is 4.74 Å². The van der Waals surface area contributed by atoms with Gasteiger partial charge < -0.3 is 19.9 Å². The maximum absolute atomic E-state index is 16.0. The van der Waals surface area contributed by atoms with Gasteiger partial charge in [-0.2, -0.15) is 0 Å². The van der Waals surface area contributed by atoms with E-state index in [0.29, 0.717) is 37.9 Å². The molecule has 7 nitrogen and oxygen atoms in total. The summed E-state index contributed by atoms with van der Waals surface area (Å²) in [6, 6.07) is 5.30. The van der Waals surface area contributed by atoms with E-state index < -0.39 is 24.2 Å². The number of aromatic nitrogens is 1. The van der Waals surface area contributed by atoms with E-state index in [1.807, 2.05) is 29.3 Å². The Morgan fingerprint density at radius 3 is 2.73 bits per heavy atom. The van der Waals surface area contributed by atoms with E-state index in [0.717, 1.165) is 37.8 Å². The summed E-state index contributed by atoms with van der Waals surface area (Å²) in [6.45, 7) is 2.00. The lowest BCUT2D eigenvalue weighted by Gasteiger charge is -2.62. The first-order valence-corrected chi connectivity index (χ1v) is 15.9. The molecule has 1 aromatic heterocycles. The van der Waals surface area contributed by atoms with Crippen molar-refractivity contribution in [1.29, 1.82) is 0 Å². The number of morpholine rings is 1. The van der Waals surface area contributed by atoms with Gasteiger partial charge in [-0.05, 0) is 68.9 Å². The molecule has 7 rings (SSSR count). The minimum atomic E-state index is -1.22. The average Bonchev–Trinajstić information content (AvgIpc) is 3.00. The normalized spacial score (nSPS) is 39.1. The van der Waals surface area contributed by atoms with Crippen molar-refractivity contribution in [2.45, 2.75) is 107 Å². The Kier molecular flexibility index (Phi) is 7.41. The fraction of sp³-hybridized carbons (Fsp3) is 0.719. The van der Waals surface area contributed by atoms with Crippen molar-refractivity contribution >= 4 is 11.7 Å². The lowest BCUT2D eigenvalue weighted by atomic mass is 9.63. The van der Waals surface area contributed by atoms with Crippen molar-refractivity contribution < 1.29 is 18.7 Å². The second kappa shape index (κ2) is 11.2. The fourth-order valence-electron chi connectivity index (χ4n) is 8.98. The van der Waals surface area contributed by atoms with Crippen LogP contribution in [0.4, 0.5) is 4.39 Å². The summed E-state index contributed by atoms with van der Waals surface area (Å²) in [5.74, 6) is 0.306. The molecule has 3 aliphatic heterocycles. The predicted molar refractivity (Wildman–Crippen MR) is 149 cm³/mol. The van der Waals surface area contributed by atoms with Crippen molar-refractivity contribution in [3.05, 3.63) is 41.9 Å². The number of nitrogens with zero attached hydrogens (tertiary/aromatic N) is 3. The van der Waals surface area contributed by atoms with Gasteiger partial charge in [0, 0.05) is 50.1 Å². The number of ketones is 1. The molecule has 1 aromatic rings. The lowest BCUT2D eigenvalue weighted by molar-refractivity contribution is -0.215. The number of hydrogen-bond acceptors (Lipinski definition) is 6. The molecule has 2 saturated heterocycles. The van der Waals surface area contributed by atoms with Crippen LogP contribution in [0.15, 0.2) is 36.2 Å². The summed E-state index contributed by atoms with van der Waals surface area (Å²) < 4.78 is 22.9. The van der Waals surface area contributed by atoms with Crippen molar-refractivity contribution in [3.63, 3.8) is 0 Å². The number of fused-ring (bicyclic) bond motifs is 4. The zero-order valence-electron chi connectivity index (χ0n) is 23.4. The maximum Gasteiger partial charge on any atom is 0.258 e. The zero-order chi connectivity index (χ0) is 27.2. The zero-order valence-corrected chi connectivity index (χ0v) is 23.4. The number of Topliss-reactive ketones (excluding diaryl/α,β-unsaturated/α-hetero) is 1. The van der Waals surface area contributed by atoms with Gasteiger partial charge in [-0.1, -0.05) is 25.3 Å².